The summed E-state index contributed by atoms with van der Waals surface area (Å²) in [5.41, 5.74) is 5.23. The second kappa shape index (κ2) is 6.69. The molecule has 1 aliphatic heterocycles. The Morgan fingerprint density at radius 3 is 3.00 bits per heavy atom. The van der Waals surface area contributed by atoms with Crippen molar-refractivity contribution in [3.63, 3.8) is 0 Å². The summed E-state index contributed by atoms with van der Waals surface area (Å²) < 4.78 is 10.9. The number of methoxy groups -OCH3 is 1. The van der Waals surface area contributed by atoms with Crippen molar-refractivity contribution in [1.82, 2.24) is 9.55 Å². The lowest BCUT2D eigenvalue weighted by Crippen LogP contribution is -2.32. The Labute approximate surface area is 125 Å². The first-order valence-electron chi connectivity index (χ1n) is 6.55. The van der Waals surface area contributed by atoms with E-state index < -0.39 is 30.1 Å². The van der Waals surface area contributed by atoms with Crippen LogP contribution in [0.2, 0.25) is 0 Å². The average molecular weight is 311 g/mol. The number of aliphatic hydroxyl groups is 2. The summed E-state index contributed by atoms with van der Waals surface area (Å²) >= 11 is 0. The number of ether oxygens (including phenoxy) is 2. The first-order chi connectivity index (χ1) is 10.5. The maximum Gasteiger partial charge on any atom is 0.351 e. The van der Waals surface area contributed by atoms with E-state index in [2.05, 4.69) is 9.72 Å². The quantitative estimate of drug-likeness (QED) is 0.458. The lowest BCUT2D eigenvalue weighted by atomic mass is 10.2. The van der Waals surface area contributed by atoms with E-state index in [0.29, 0.717) is 5.56 Å². The third-order valence-corrected chi connectivity index (χ3v) is 3.25. The molecule has 3 atom stereocenters. The Bertz CT molecular complexity index is 641. The average Bonchev–Trinajstić information content (AvgIpc) is 2.87. The third kappa shape index (κ3) is 3.32. The molecule has 9 nitrogen and oxygen atoms in total. The molecule has 0 amide bonds. The van der Waals surface area contributed by atoms with Crippen LogP contribution in [0.3, 0.4) is 0 Å². The number of nitrogen functional groups attached to an aromatic ring is 1. The Kier molecular flexibility index (Phi) is 4.91. The number of rotatable bonds is 4. The Balaban J connectivity index is 2.35. The van der Waals surface area contributed by atoms with Gasteiger partial charge in [0.25, 0.3) is 0 Å². The zero-order chi connectivity index (χ0) is 16.3. The van der Waals surface area contributed by atoms with Gasteiger partial charge in [0.1, 0.15) is 11.9 Å². The molecule has 0 aromatic carbocycles. The molecule has 9 heteroatoms. The summed E-state index contributed by atoms with van der Waals surface area (Å²) in [5, 5.41) is 19.0. The van der Waals surface area contributed by atoms with E-state index in [-0.39, 0.29) is 18.8 Å². The molecule has 0 radical (unpaired) electrons. The predicted molar refractivity (Wildman–Crippen MR) is 75.6 cm³/mol. The number of nitrogens with zero attached hydrogens (tertiary/aromatic N) is 2. The second-order valence-electron chi connectivity index (χ2n) is 4.76. The minimum absolute atomic E-state index is 0.0624. The fraction of sp³-hybridized carbons (Fsp3) is 0.462. The predicted octanol–water partition coefficient (Wildman–Crippen LogP) is -1.35. The number of hydrogen-bond acceptors (Lipinski definition) is 8. The maximum atomic E-state index is 11.9. The third-order valence-electron chi connectivity index (χ3n) is 3.25. The van der Waals surface area contributed by atoms with Crippen molar-refractivity contribution in [3.8, 4) is 0 Å². The highest BCUT2D eigenvalue weighted by atomic mass is 16.5. The Morgan fingerprint density at radius 1 is 1.68 bits per heavy atom. The van der Waals surface area contributed by atoms with Gasteiger partial charge in [0, 0.05) is 24.3 Å². The maximum absolute atomic E-state index is 11.9. The summed E-state index contributed by atoms with van der Waals surface area (Å²) in [7, 11) is 1.23. The van der Waals surface area contributed by atoms with E-state index in [1.807, 2.05) is 0 Å². The van der Waals surface area contributed by atoms with Gasteiger partial charge in [-0.1, -0.05) is 0 Å². The molecule has 0 unspecified atom stereocenters. The van der Waals surface area contributed by atoms with Crippen LogP contribution in [-0.4, -0.2) is 51.7 Å². The zero-order valence-corrected chi connectivity index (χ0v) is 11.9. The monoisotopic (exact) mass is 311 g/mol. The van der Waals surface area contributed by atoms with Gasteiger partial charge in [-0.05, 0) is 6.08 Å². The van der Waals surface area contributed by atoms with Gasteiger partial charge in [-0.15, -0.1) is 0 Å². The Hall–Kier alpha value is -2.23. The van der Waals surface area contributed by atoms with E-state index in [1.54, 1.807) is 0 Å². The summed E-state index contributed by atoms with van der Waals surface area (Å²) in [6, 6.07) is 0. The van der Waals surface area contributed by atoms with Crippen molar-refractivity contribution >= 4 is 17.9 Å². The molecule has 22 heavy (non-hydrogen) atoms. The number of carbonyl (C=O) groups excluding carboxylic acids is 1. The minimum Gasteiger partial charge on any atom is -0.466 e. The molecule has 1 aromatic heterocycles. The first kappa shape index (κ1) is 16.1. The number of esters is 1. The smallest absolute Gasteiger partial charge is 0.351 e. The standard InChI is InChI=1S/C13H17N3O6/c1-21-10(19)3-2-7-5-16(13(20)15-11(7)14)12-9(18)4-8(6-17)22-12/h2-3,5,8-9,12,17-18H,4,6H2,1H3,(H2,14,15,20)/b3-2+/t8-,9-,12+/m0/s1. The lowest BCUT2D eigenvalue weighted by molar-refractivity contribution is -0.134. The Morgan fingerprint density at radius 2 is 2.41 bits per heavy atom. The number of carbonyl (C=O) groups is 1. The van der Waals surface area contributed by atoms with Crippen LogP contribution in [0.4, 0.5) is 5.82 Å². The van der Waals surface area contributed by atoms with Gasteiger partial charge >= 0.3 is 11.7 Å². The van der Waals surface area contributed by atoms with Crippen LogP contribution >= 0.6 is 0 Å². The molecule has 4 N–H and O–H groups in total. The molecule has 120 valence electrons. The summed E-state index contributed by atoms with van der Waals surface area (Å²) in [6.07, 6.45) is 1.52. The number of aliphatic hydroxyl groups excluding tert-OH is 2. The number of anilines is 1. The second-order valence-corrected chi connectivity index (χ2v) is 4.76. The number of nitrogens with two attached hydrogens (primary N) is 1. The number of hydrogen-bond donors (Lipinski definition) is 3. The van der Waals surface area contributed by atoms with Crippen LogP contribution in [0.5, 0.6) is 0 Å². The van der Waals surface area contributed by atoms with Crippen LogP contribution < -0.4 is 11.4 Å². The summed E-state index contributed by atoms with van der Waals surface area (Å²) in [4.78, 5) is 26.7. The van der Waals surface area contributed by atoms with E-state index in [0.717, 1.165) is 10.6 Å². The van der Waals surface area contributed by atoms with E-state index in [1.165, 1.54) is 19.4 Å². The van der Waals surface area contributed by atoms with Gasteiger partial charge in [-0.2, -0.15) is 4.98 Å². The molecule has 1 aliphatic rings. The SMILES string of the molecule is COC(=O)/C=C/c1cn([C@@H]2O[C@H](CO)C[C@@H]2O)c(=O)nc1N. The van der Waals surface area contributed by atoms with E-state index >= 15 is 0 Å². The molecule has 0 bridgehead atoms. The van der Waals surface area contributed by atoms with E-state index in [4.69, 9.17) is 15.6 Å². The fourth-order valence-corrected chi connectivity index (χ4v) is 2.13. The topological polar surface area (TPSA) is 137 Å². The minimum atomic E-state index is -0.969. The molecule has 0 saturated carbocycles. The van der Waals surface area contributed by atoms with Crippen LogP contribution in [0, 0.1) is 0 Å². The highest BCUT2D eigenvalue weighted by Gasteiger charge is 2.35. The van der Waals surface area contributed by atoms with Crippen molar-refractivity contribution in [2.45, 2.75) is 24.9 Å². The lowest BCUT2D eigenvalue weighted by Gasteiger charge is -2.18. The first-order valence-corrected chi connectivity index (χ1v) is 6.55. The molecule has 1 saturated heterocycles. The van der Waals surface area contributed by atoms with Crippen molar-refractivity contribution in [3.05, 3.63) is 28.3 Å². The van der Waals surface area contributed by atoms with E-state index in [9.17, 15) is 14.7 Å². The largest absolute Gasteiger partial charge is 0.466 e. The summed E-state index contributed by atoms with van der Waals surface area (Å²) in [5.74, 6) is -0.651. The fourth-order valence-electron chi connectivity index (χ4n) is 2.13. The molecule has 2 rings (SSSR count). The van der Waals surface area contributed by atoms with Crippen LogP contribution in [0.25, 0.3) is 6.08 Å². The van der Waals surface area contributed by atoms with Gasteiger partial charge < -0.3 is 25.4 Å². The van der Waals surface area contributed by atoms with Crippen LogP contribution in [0.15, 0.2) is 17.1 Å². The highest BCUT2D eigenvalue weighted by Crippen LogP contribution is 2.28. The van der Waals surface area contributed by atoms with Crippen molar-refractivity contribution in [2.24, 2.45) is 0 Å². The van der Waals surface area contributed by atoms with Gasteiger partial charge in [0.05, 0.1) is 19.8 Å². The summed E-state index contributed by atoms with van der Waals surface area (Å²) in [6.45, 7) is -0.264. The molecule has 2 heterocycles. The molecular weight excluding hydrogens is 294 g/mol. The van der Waals surface area contributed by atoms with Crippen LogP contribution in [0.1, 0.15) is 18.2 Å². The zero-order valence-electron chi connectivity index (χ0n) is 11.9. The van der Waals surface area contributed by atoms with Crippen molar-refractivity contribution < 1.29 is 24.5 Å². The van der Waals surface area contributed by atoms with Crippen molar-refractivity contribution in [1.29, 1.82) is 0 Å². The molecule has 0 spiro atoms. The van der Waals surface area contributed by atoms with Gasteiger partial charge in [0.15, 0.2) is 6.23 Å². The molecular formula is C13H17N3O6. The molecule has 1 fully saturated rings. The van der Waals surface area contributed by atoms with Crippen molar-refractivity contribution in [2.75, 3.05) is 19.5 Å². The highest BCUT2D eigenvalue weighted by molar-refractivity contribution is 5.87. The molecule has 0 aliphatic carbocycles. The van der Waals surface area contributed by atoms with Gasteiger partial charge in [-0.3, -0.25) is 4.57 Å². The number of aromatic nitrogens is 2. The molecule has 1 aromatic rings. The van der Waals surface area contributed by atoms with Crippen LogP contribution in [-0.2, 0) is 14.3 Å². The van der Waals surface area contributed by atoms with Gasteiger partial charge in [0.2, 0.25) is 0 Å². The normalized spacial score (nSPS) is 24.8. The van der Waals surface area contributed by atoms with Gasteiger partial charge in [-0.25, -0.2) is 9.59 Å².